The second-order valence-corrected chi connectivity index (χ2v) is 6.04. The summed E-state index contributed by atoms with van der Waals surface area (Å²) in [6, 6.07) is -0.742. The minimum atomic E-state index is -0.375. The van der Waals surface area contributed by atoms with Crippen LogP contribution in [0.5, 0.6) is 0 Å². The summed E-state index contributed by atoms with van der Waals surface area (Å²) in [5, 5.41) is 2.87. The molecule has 0 bridgehead atoms. The Balaban J connectivity index is 2.66. The summed E-state index contributed by atoms with van der Waals surface area (Å²) in [6.07, 6.45) is 3.70. The van der Waals surface area contributed by atoms with Crippen LogP contribution >= 0.6 is 0 Å². The number of unbranched alkanes of at least 4 members (excludes halogenated alkanes) is 1. The zero-order valence-corrected chi connectivity index (χ0v) is 13.9. The molecular weight excluding hydrogens is 268 g/mol. The van der Waals surface area contributed by atoms with Crippen molar-refractivity contribution in [2.24, 2.45) is 5.92 Å². The molecule has 0 aromatic heterocycles. The molecular formula is C16H30N2O3. The van der Waals surface area contributed by atoms with Crippen molar-refractivity contribution >= 4 is 11.8 Å². The van der Waals surface area contributed by atoms with Crippen LogP contribution in [0, 0.1) is 5.92 Å². The third kappa shape index (κ3) is 4.99. The predicted molar refractivity (Wildman–Crippen MR) is 82.9 cm³/mol. The van der Waals surface area contributed by atoms with E-state index < -0.39 is 0 Å². The van der Waals surface area contributed by atoms with Gasteiger partial charge in [-0.15, -0.1) is 0 Å². The van der Waals surface area contributed by atoms with E-state index in [0.29, 0.717) is 19.6 Å². The molecule has 0 aromatic rings. The average Bonchev–Trinajstić information content (AvgIpc) is 2.43. The minimum Gasteiger partial charge on any atom is -0.380 e. The van der Waals surface area contributed by atoms with E-state index in [2.05, 4.69) is 12.2 Å². The molecule has 5 heteroatoms. The van der Waals surface area contributed by atoms with Gasteiger partial charge in [0.15, 0.2) is 0 Å². The van der Waals surface area contributed by atoms with Gasteiger partial charge in [0.05, 0.1) is 6.61 Å². The van der Waals surface area contributed by atoms with Crippen molar-refractivity contribution < 1.29 is 14.3 Å². The molecule has 1 fully saturated rings. The number of hydrogen-bond donors (Lipinski definition) is 1. The quantitative estimate of drug-likeness (QED) is 0.662. The SMILES string of the molecule is CCCCOCCN1C(=O)C(CCC)NC(=O)C1C(C)C. The van der Waals surface area contributed by atoms with Crippen LogP contribution in [-0.2, 0) is 14.3 Å². The normalized spacial score (nSPS) is 22.8. The van der Waals surface area contributed by atoms with Gasteiger partial charge in [0.2, 0.25) is 11.8 Å². The van der Waals surface area contributed by atoms with E-state index in [0.717, 1.165) is 25.9 Å². The molecule has 2 unspecified atom stereocenters. The lowest BCUT2D eigenvalue weighted by molar-refractivity contribution is -0.152. The van der Waals surface area contributed by atoms with Gasteiger partial charge in [0, 0.05) is 13.2 Å². The number of rotatable bonds is 9. The number of hydrogen-bond acceptors (Lipinski definition) is 3. The number of carbonyl (C=O) groups is 2. The van der Waals surface area contributed by atoms with Crippen molar-refractivity contribution in [3.8, 4) is 0 Å². The van der Waals surface area contributed by atoms with E-state index in [9.17, 15) is 9.59 Å². The Morgan fingerprint density at radius 3 is 2.48 bits per heavy atom. The van der Waals surface area contributed by atoms with E-state index in [1.807, 2.05) is 20.8 Å². The molecule has 122 valence electrons. The molecule has 0 spiro atoms. The molecule has 1 saturated heterocycles. The number of carbonyl (C=O) groups excluding carboxylic acids is 2. The summed E-state index contributed by atoms with van der Waals surface area (Å²) in [4.78, 5) is 26.5. The lowest BCUT2D eigenvalue weighted by Gasteiger charge is -2.40. The minimum absolute atomic E-state index is 0.0309. The molecule has 1 aliphatic heterocycles. The summed E-state index contributed by atoms with van der Waals surface area (Å²) >= 11 is 0. The zero-order chi connectivity index (χ0) is 15.8. The van der Waals surface area contributed by atoms with Crippen molar-refractivity contribution in [1.82, 2.24) is 10.2 Å². The third-order valence-electron chi connectivity index (χ3n) is 3.83. The predicted octanol–water partition coefficient (Wildman–Crippen LogP) is 1.95. The Kier molecular flexibility index (Phi) is 7.72. The molecule has 1 heterocycles. The standard InChI is InChI=1S/C16H30N2O3/c1-5-7-10-21-11-9-18-14(12(3)4)15(19)17-13(8-6-2)16(18)20/h12-14H,5-11H2,1-4H3,(H,17,19). The van der Waals surface area contributed by atoms with Gasteiger partial charge in [-0.25, -0.2) is 0 Å². The summed E-state index contributed by atoms with van der Waals surface area (Å²) in [7, 11) is 0. The number of nitrogens with one attached hydrogen (secondary N) is 1. The first-order chi connectivity index (χ1) is 10.0. The van der Waals surface area contributed by atoms with Gasteiger partial charge in [0.25, 0.3) is 0 Å². The van der Waals surface area contributed by atoms with E-state index in [4.69, 9.17) is 4.74 Å². The topological polar surface area (TPSA) is 58.6 Å². The Bertz CT molecular complexity index is 344. The molecule has 1 rings (SSSR count). The fraction of sp³-hybridized carbons (Fsp3) is 0.875. The molecule has 0 aliphatic carbocycles. The van der Waals surface area contributed by atoms with Gasteiger partial charge < -0.3 is 15.0 Å². The van der Waals surface area contributed by atoms with Gasteiger partial charge >= 0.3 is 0 Å². The summed E-state index contributed by atoms with van der Waals surface area (Å²) in [5.74, 6) is 0.109. The highest BCUT2D eigenvalue weighted by atomic mass is 16.5. The Morgan fingerprint density at radius 1 is 1.19 bits per heavy atom. The van der Waals surface area contributed by atoms with Crippen LogP contribution in [0.15, 0.2) is 0 Å². The molecule has 0 saturated carbocycles. The molecule has 0 aromatic carbocycles. The van der Waals surface area contributed by atoms with Crippen LogP contribution in [0.2, 0.25) is 0 Å². The Labute approximate surface area is 128 Å². The number of nitrogens with zero attached hydrogens (tertiary/aromatic N) is 1. The lowest BCUT2D eigenvalue weighted by atomic mass is 9.95. The maximum atomic E-state index is 12.6. The molecule has 1 N–H and O–H groups in total. The van der Waals surface area contributed by atoms with Crippen LogP contribution in [0.25, 0.3) is 0 Å². The third-order valence-corrected chi connectivity index (χ3v) is 3.83. The highest BCUT2D eigenvalue weighted by molar-refractivity contribution is 5.97. The second-order valence-electron chi connectivity index (χ2n) is 6.04. The van der Waals surface area contributed by atoms with Crippen LogP contribution in [0.4, 0.5) is 0 Å². The summed E-state index contributed by atoms with van der Waals surface area (Å²) < 4.78 is 5.56. The zero-order valence-electron chi connectivity index (χ0n) is 13.9. The van der Waals surface area contributed by atoms with Crippen LogP contribution in [0.1, 0.15) is 53.4 Å². The van der Waals surface area contributed by atoms with Crippen molar-refractivity contribution in [1.29, 1.82) is 0 Å². The van der Waals surface area contributed by atoms with Gasteiger partial charge in [-0.2, -0.15) is 0 Å². The first-order valence-electron chi connectivity index (χ1n) is 8.21. The maximum absolute atomic E-state index is 12.6. The van der Waals surface area contributed by atoms with Gasteiger partial charge in [-0.1, -0.05) is 40.5 Å². The van der Waals surface area contributed by atoms with Crippen LogP contribution in [-0.4, -0.2) is 48.6 Å². The van der Waals surface area contributed by atoms with Crippen molar-refractivity contribution in [3.05, 3.63) is 0 Å². The average molecular weight is 298 g/mol. The number of amides is 2. The fourth-order valence-electron chi connectivity index (χ4n) is 2.71. The van der Waals surface area contributed by atoms with Crippen LogP contribution < -0.4 is 5.32 Å². The second kappa shape index (κ2) is 9.03. The first-order valence-corrected chi connectivity index (χ1v) is 8.21. The number of piperazine rings is 1. The Morgan fingerprint density at radius 2 is 1.90 bits per heavy atom. The van der Waals surface area contributed by atoms with Crippen molar-refractivity contribution in [3.63, 3.8) is 0 Å². The van der Waals surface area contributed by atoms with E-state index in [1.165, 1.54) is 0 Å². The molecule has 21 heavy (non-hydrogen) atoms. The van der Waals surface area contributed by atoms with Crippen LogP contribution in [0.3, 0.4) is 0 Å². The molecule has 2 atom stereocenters. The Hall–Kier alpha value is -1.10. The molecule has 1 aliphatic rings. The van der Waals surface area contributed by atoms with E-state index >= 15 is 0 Å². The fourth-order valence-corrected chi connectivity index (χ4v) is 2.71. The van der Waals surface area contributed by atoms with Gasteiger partial charge in [-0.05, 0) is 18.8 Å². The first kappa shape index (κ1) is 18.0. The van der Waals surface area contributed by atoms with E-state index in [1.54, 1.807) is 4.90 Å². The highest BCUT2D eigenvalue weighted by Crippen LogP contribution is 2.19. The van der Waals surface area contributed by atoms with Gasteiger partial charge in [0.1, 0.15) is 12.1 Å². The summed E-state index contributed by atoms with van der Waals surface area (Å²) in [5.41, 5.74) is 0. The monoisotopic (exact) mass is 298 g/mol. The van der Waals surface area contributed by atoms with Gasteiger partial charge in [-0.3, -0.25) is 9.59 Å². The molecule has 0 radical (unpaired) electrons. The molecule has 2 amide bonds. The number of ether oxygens (including phenoxy) is 1. The lowest BCUT2D eigenvalue weighted by Crippen LogP contribution is -2.65. The smallest absolute Gasteiger partial charge is 0.245 e. The van der Waals surface area contributed by atoms with E-state index in [-0.39, 0.29) is 29.8 Å². The van der Waals surface area contributed by atoms with Crippen molar-refractivity contribution in [2.75, 3.05) is 19.8 Å². The maximum Gasteiger partial charge on any atom is 0.245 e. The largest absolute Gasteiger partial charge is 0.380 e. The molecule has 5 nitrogen and oxygen atoms in total. The highest BCUT2D eigenvalue weighted by Gasteiger charge is 2.41. The van der Waals surface area contributed by atoms with Crippen molar-refractivity contribution in [2.45, 2.75) is 65.5 Å². The summed E-state index contributed by atoms with van der Waals surface area (Å²) in [6.45, 7) is 9.80.